The lowest BCUT2D eigenvalue weighted by molar-refractivity contribution is -0.123. The number of carbonyl (C=O) groups excluding carboxylic acids is 2. The zero-order valence-electron chi connectivity index (χ0n) is 11.4. The van der Waals surface area contributed by atoms with Crippen LogP contribution in [0.15, 0.2) is 12.2 Å². The fraction of sp³-hybridized carbons (Fsp3) is 0.733. The zero-order valence-corrected chi connectivity index (χ0v) is 11.4. The molecule has 2 aliphatic rings. The lowest BCUT2D eigenvalue weighted by Crippen LogP contribution is -2.45. The minimum absolute atomic E-state index is 0.0646. The summed E-state index contributed by atoms with van der Waals surface area (Å²) in [4.78, 5) is 22.5. The van der Waals surface area contributed by atoms with Crippen LogP contribution in [-0.2, 0) is 9.59 Å². The largest absolute Gasteiger partial charge is 0.349 e. The molecule has 1 N–H and O–H groups in total. The Labute approximate surface area is 109 Å². The van der Waals surface area contributed by atoms with Crippen molar-refractivity contribution in [2.24, 2.45) is 17.3 Å². The normalized spacial score (nSPS) is 36.9. The Hall–Kier alpha value is -1.12. The number of hydrogen-bond donors (Lipinski definition) is 1. The van der Waals surface area contributed by atoms with Crippen molar-refractivity contribution < 1.29 is 9.59 Å². The van der Waals surface area contributed by atoms with Gasteiger partial charge in [0.15, 0.2) is 5.78 Å². The van der Waals surface area contributed by atoms with Gasteiger partial charge in [0.2, 0.25) is 6.41 Å². The van der Waals surface area contributed by atoms with Gasteiger partial charge in [-0.05, 0) is 56.3 Å². The number of amides is 1. The lowest BCUT2D eigenvalue weighted by atomic mass is 9.64. The van der Waals surface area contributed by atoms with Crippen LogP contribution in [0, 0.1) is 17.3 Å². The van der Waals surface area contributed by atoms with Crippen LogP contribution in [0.2, 0.25) is 0 Å². The summed E-state index contributed by atoms with van der Waals surface area (Å²) in [7, 11) is 0. The quantitative estimate of drug-likeness (QED) is 0.614. The molecule has 0 spiro atoms. The SMILES string of the molecule is C=C1CCC[C@@]2(C)CC[C@H]([C@H](NC=O)C(C)=O)[C@@H]12. The molecule has 4 atom stereocenters. The first-order valence-corrected chi connectivity index (χ1v) is 6.87. The summed E-state index contributed by atoms with van der Waals surface area (Å²) in [5.74, 6) is 0.702. The van der Waals surface area contributed by atoms with Gasteiger partial charge in [0.25, 0.3) is 0 Å². The van der Waals surface area contributed by atoms with E-state index in [0.717, 1.165) is 19.3 Å². The summed E-state index contributed by atoms with van der Waals surface area (Å²) < 4.78 is 0. The molecule has 2 rings (SSSR count). The molecule has 1 amide bonds. The number of hydrogen-bond acceptors (Lipinski definition) is 2. The van der Waals surface area contributed by atoms with E-state index in [9.17, 15) is 9.59 Å². The van der Waals surface area contributed by atoms with E-state index in [-0.39, 0.29) is 23.2 Å². The predicted octanol–water partition coefficient (Wildman–Crippen LogP) is 2.46. The summed E-state index contributed by atoms with van der Waals surface area (Å²) in [5, 5.41) is 2.72. The fourth-order valence-electron chi connectivity index (χ4n) is 4.26. The molecule has 0 radical (unpaired) electrons. The second kappa shape index (κ2) is 4.87. The van der Waals surface area contributed by atoms with Gasteiger partial charge in [-0.25, -0.2) is 0 Å². The molecule has 18 heavy (non-hydrogen) atoms. The molecule has 2 aliphatic carbocycles. The first kappa shape index (κ1) is 13.3. The van der Waals surface area contributed by atoms with Crippen LogP contribution in [0.5, 0.6) is 0 Å². The second-order valence-corrected chi connectivity index (χ2v) is 6.22. The van der Waals surface area contributed by atoms with Gasteiger partial charge in [-0.2, -0.15) is 0 Å². The number of ketones is 1. The van der Waals surface area contributed by atoms with E-state index in [1.807, 2.05) is 0 Å². The lowest BCUT2D eigenvalue weighted by Gasteiger charge is -2.41. The number of allylic oxidation sites excluding steroid dienone is 1. The summed E-state index contributed by atoms with van der Waals surface area (Å²) in [5.41, 5.74) is 1.57. The van der Waals surface area contributed by atoms with Crippen molar-refractivity contribution in [2.75, 3.05) is 0 Å². The van der Waals surface area contributed by atoms with Crippen LogP contribution < -0.4 is 5.32 Å². The highest BCUT2D eigenvalue weighted by Gasteiger charge is 2.50. The summed E-state index contributed by atoms with van der Waals surface area (Å²) >= 11 is 0. The maximum absolute atomic E-state index is 11.8. The predicted molar refractivity (Wildman–Crippen MR) is 71.0 cm³/mol. The van der Waals surface area contributed by atoms with E-state index in [1.54, 1.807) is 6.92 Å². The molecule has 0 saturated heterocycles. The van der Waals surface area contributed by atoms with Gasteiger partial charge < -0.3 is 5.32 Å². The van der Waals surface area contributed by atoms with E-state index in [2.05, 4.69) is 18.8 Å². The topological polar surface area (TPSA) is 46.2 Å². The van der Waals surface area contributed by atoms with E-state index in [0.29, 0.717) is 12.3 Å². The number of fused-ring (bicyclic) bond motifs is 1. The van der Waals surface area contributed by atoms with Crippen LogP contribution in [0.1, 0.15) is 46.0 Å². The van der Waals surface area contributed by atoms with Gasteiger partial charge in [-0.15, -0.1) is 0 Å². The number of nitrogens with one attached hydrogen (secondary N) is 1. The Morgan fingerprint density at radius 1 is 1.56 bits per heavy atom. The number of Topliss-reactive ketones (excluding diaryl/α,β-unsaturated/α-hetero) is 1. The molecule has 2 fully saturated rings. The van der Waals surface area contributed by atoms with E-state index < -0.39 is 0 Å². The average molecular weight is 249 g/mol. The van der Waals surface area contributed by atoms with Crippen LogP contribution in [0.4, 0.5) is 0 Å². The Balaban J connectivity index is 2.25. The highest BCUT2D eigenvalue weighted by atomic mass is 16.1. The van der Waals surface area contributed by atoms with Gasteiger partial charge in [-0.1, -0.05) is 19.1 Å². The van der Waals surface area contributed by atoms with Crippen molar-refractivity contribution in [3.05, 3.63) is 12.2 Å². The highest BCUT2D eigenvalue weighted by molar-refractivity contribution is 5.83. The summed E-state index contributed by atoms with van der Waals surface area (Å²) in [6.07, 6.45) is 6.33. The molecule has 0 bridgehead atoms. The van der Waals surface area contributed by atoms with E-state index in [1.165, 1.54) is 18.4 Å². The molecule has 3 heteroatoms. The number of rotatable bonds is 4. The van der Waals surface area contributed by atoms with Crippen LogP contribution >= 0.6 is 0 Å². The van der Waals surface area contributed by atoms with E-state index >= 15 is 0 Å². The van der Waals surface area contributed by atoms with Crippen LogP contribution in [0.3, 0.4) is 0 Å². The zero-order chi connectivity index (χ0) is 13.3. The van der Waals surface area contributed by atoms with Crippen LogP contribution in [0.25, 0.3) is 0 Å². The van der Waals surface area contributed by atoms with Gasteiger partial charge in [0.05, 0.1) is 6.04 Å². The van der Waals surface area contributed by atoms with Crippen molar-refractivity contribution in [1.29, 1.82) is 0 Å². The Morgan fingerprint density at radius 2 is 2.28 bits per heavy atom. The Bertz CT molecular complexity index is 377. The minimum Gasteiger partial charge on any atom is -0.349 e. The van der Waals surface area contributed by atoms with Gasteiger partial charge in [0, 0.05) is 0 Å². The van der Waals surface area contributed by atoms with Crippen LogP contribution in [-0.4, -0.2) is 18.2 Å². The smallest absolute Gasteiger partial charge is 0.207 e. The molecule has 0 aromatic heterocycles. The Kier molecular flexibility index (Phi) is 3.60. The molecule has 2 saturated carbocycles. The minimum atomic E-state index is -0.329. The maximum Gasteiger partial charge on any atom is 0.207 e. The molecule has 0 unspecified atom stereocenters. The van der Waals surface area contributed by atoms with Gasteiger partial charge in [-0.3, -0.25) is 9.59 Å². The summed E-state index contributed by atoms with van der Waals surface area (Å²) in [6.45, 7) is 8.12. The third-order valence-electron chi connectivity index (χ3n) is 5.03. The molecular weight excluding hydrogens is 226 g/mol. The van der Waals surface area contributed by atoms with Gasteiger partial charge in [0.1, 0.15) is 0 Å². The first-order chi connectivity index (χ1) is 8.49. The standard InChI is InChI=1S/C15H23NO2/c1-10-5-4-7-15(3)8-6-12(13(10)15)14(11(2)18)16-9-17/h9,12-14H,1,4-8H2,2-3H3,(H,16,17)/t12-,13+,14+,15-/m0/s1. The monoisotopic (exact) mass is 249 g/mol. The average Bonchev–Trinajstić information content (AvgIpc) is 2.64. The molecule has 0 aromatic carbocycles. The molecule has 0 aromatic rings. The third kappa shape index (κ3) is 2.11. The highest BCUT2D eigenvalue weighted by Crippen LogP contribution is 2.57. The first-order valence-electron chi connectivity index (χ1n) is 6.87. The molecule has 3 nitrogen and oxygen atoms in total. The summed E-state index contributed by atoms with van der Waals surface area (Å²) in [6, 6.07) is -0.329. The second-order valence-electron chi connectivity index (χ2n) is 6.22. The molecular formula is C15H23NO2. The third-order valence-corrected chi connectivity index (χ3v) is 5.03. The Morgan fingerprint density at radius 3 is 2.89 bits per heavy atom. The van der Waals surface area contributed by atoms with E-state index in [4.69, 9.17) is 0 Å². The van der Waals surface area contributed by atoms with Crippen molar-refractivity contribution in [3.8, 4) is 0 Å². The van der Waals surface area contributed by atoms with Crippen molar-refractivity contribution in [1.82, 2.24) is 5.32 Å². The molecule has 100 valence electrons. The molecule has 0 heterocycles. The van der Waals surface area contributed by atoms with Crippen molar-refractivity contribution in [2.45, 2.75) is 52.0 Å². The fourth-order valence-corrected chi connectivity index (χ4v) is 4.26. The van der Waals surface area contributed by atoms with Crippen molar-refractivity contribution in [3.63, 3.8) is 0 Å². The van der Waals surface area contributed by atoms with Crippen molar-refractivity contribution >= 4 is 12.2 Å². The molecule has 0 aliphatic heterocycles. The van der Waals surface area contributed by atoms with Gasteiger partial charge >= 0.3 is 0 Å². The number of carbonyl (C=O) groups is 2. The maximum atomic E-state index is 11.8.